The van der Waals surface area contributed by atoms with Crippen molar-refractivity contribution in [1.29, 1.82) is 0 Å². The summed E-state index contributed by atoms with van der Waals surface area (Å²) in [5.74, 6) is 0.697. The minimum atomic E-state index is 0.697. The summed E-state index contributed by atoms with van der Waals surface area (Å²) in [6.45, 7) is 5.53. The van der Waals surface area contributed by atoms with Gasteiger partial charge in [-0.15, -0.1) is 0 Å². The standard InChI is InChI=1S/C10H16N2/c1-9(2)8-12(3)10-4-6-11-7-5-10/h4-7,9H,8H2,1-3H3. The fourth-order valence-electron chi connectivity index (χ4n) is 1.25. The van der Waals surface area contributed by atoms with Crippen molar-refractivity contribution in [2.45, 2.75) is 13.8 Å². The van der Waals surface area contributed by atoms with Gasteiger partial charge < -0.3 is 4.90 Å². The third-order valence-electron chi connectivity index (χ3n) is 1.74. The quantitative estimate of drug-likeness (QED) is 0.680. The van der Waals surface area contributed by atoms with Crippen LogP contribution in [0.4, 0.5) is 5.69 Å². The van der Waals surface area contributed by atoms with Crippen LogP contribution in [-0.4, -0.2) is 18.6 Å². The van der Waals surface area contributed by atoms with Crippen molar-refractivity contribution in [2.24, 2.45) is 5.92 Å². The topological polar surface area (TPSA) is 16.1 Å². The van der Waals surface area contributed by atoms with E-state index in [9.17, 15) is 0 Å². The third kappa shape index (κ3) is 2.53. The molecule has 0 aromatic carbocycles. The molecule has 0 atom stereocenters. The lowest BCUT2D eigenvalue weighted by molar-refractivity contribution is 0.638. The van der Waals surface area contributed by atoms with Gasteiger partial charge in [0.25, 0.3) is 0 Å². The minimum Gasteiger partial charge on any atom is -0.374 e. The lowest BCUT2D eigenvalue weighted by Crippen LogP contribution is -2.22. The molecule has 12 heavy (non-hydrogen) atoms. The van der Waals surface area contributed by atoms with E-state index in [0.29, 0.717) is 5.92 Å². The van der Waals surface area contributed by atoms with Crippen LogP contribution in [-0.2, 0) is 0 Å². The van der Waals surface area contributed by atoms with Crippen LogP contribution < -0.4 is 4.90 Å². The van der Waals surface area contributed by atoms with E-state index < -0.39 is 0 Å². The van der Waals surface area contributed by atoms with Gasteiger partial charge in [-0.05, 0) is 18.1 Å². The summed E-state index contributed by atoms with van der Waals surface area (Å²) >= 11 is 0. The van der Waals surface area contributed by atoms with Crippen molar-refractivity contribution in [3.05, 3.63) is 24.5 Å². The van der Waals surface area contributed by atoms with E-state index in [4.69, 9.17) is 0 Å². The second-order valence-electron chi connectivity index (χ2n) is 3.48. The predicted molar refractivity (Wildman–Crippen MR) is 52.3 cm³/mol. The van der Waals surface area contributed by atoms with Gasteiger partial charge in [0, 0.05) is 31.7 Å². The summed E-state index contributed by atoms with van der Waals surface area (Å²) < 4.78 is 0. The molecule has 0 fully saturated rings. The van der Waals surface area contributed by atoms with E-state index in [-0.39, 0.29) is 0 Å². The molecule has 0 amide bonds. The number of hydrogen-bond donors (Lipinski definition) is 0. The van der Waals surface area contributed by atoms with Gasteiger partial charge in [-0.2, -0.15) is 0 Å². The highest BCUT2D eigenvalue weighted by atomic mass is 15.1. The molecule has 0 bridgehead atoms. The highest BCUT2D eigenvalue weighted by Gasteiger charge is 2.01. The van der Waals surface area contributed by atoms with Crippen molar-refractivity contribution < 1.29 is 0 Å². The van der Waals surface area contributed by atoms with Crippen LogP contribution >= 0.6 is 0 Å². The van der Waals surface area contributed by atoms with Gasteiger partial charge in [0.1, 0.15) is 0 Å². The van der Waals surface area contributed by atoms with E-state index in [1.54, 1.807) is 0 Å². The second kappa shape index (κ2) is 4.10. The van der Waals surface area contributed by atoms with Gasteiger partial charge in [0.05, 0.1) is 0 Å². The van der Waals surface area contributed by atoms with Gasteiger partial charge in [0.2, 0.25) is 0 Å². The number of hydrogen-bond acceptors (Lipinski definition) is 2. The summed E-state index contributed by atoms with van der Waals surface area (Å²) in [5.41, 5.74) is 1.23. The molecule has 1 aromatic rings. The molecule has 66 valence electrons. The van der Waals surface area contributed by atoms with Gasteiger partial charge in [0.15, 0.2) is 0 Å². The van der Waals surface area contributed by atoms with E-state index in [2.05, 4.69) is 30.8 Å². The third-order valence-corrected chi connectivity index (χ3v) is 1.74. The summed E-state index contributed by atoms with van der Waals surface area (Å²) in [6.07, 6.45) is 3.65. The fourth-order valence-corrected chi connectivity index (χ4v) is 1.25. The molecule has 1 rings (SSSR count). The van der Waals surface area contributed by atoms with Gasteiger partial charge in [-0.3, -0.25) is 4.98 Å². The minimum absolute atomic E-state index is 0.697. The highest BCUT2D eigenvalue weighted by Crippen LogP contribution is 2.11. The summed E-state index contributed by atoms with van der Waals surface area (Å²) in [6, 6.07) is 4.06. The molecule has 0 N–H and O–H groups in total. The van der Waals surface area contributed by atoms with Crippen LogP contribution in [0.15, 0.2) is 24.5 Å². The smallest absolute Gasteiger partial charge is 0.0394 e. The Morgan fingerprint density at radius 2 is 1.92 bits per heavy atom. The Morgan fingerprint density at radius 3 is 2.42 bits per heavy atom. The molecular formula is C10H16N2. The average Bonchev–Trinajstić information content (AvgIpc) is 2.05. The molecular weight excluding hydrogens is 148 g/mol. The van der Waals surface area contributed by atoms with E-state index >= 15 is 0 Å². The monoisotopic (exact) mass is 164 g/mol. The van der Waals surface area contributed by atoms with Gasteiger partial charge in [-0.25, -0.2) is 0 Å². The van der Waals surface area contributed by atoms with Crippen molar-refractivity contribution in [1.82, 2.24) is 4.98 Å². The second-order valence-corrected chi connectivity index (χ2v) is 3.48. The molecule has 0 aliphatic carbocycles. The maximum absolute atomic E-state index is 3.98. The molecule has 0 spiro atoms. The zero-order chi connectivity index (χ0) is 8.97. The molecule has 0 aliphatic rings. The fraction of sp³-hybridized carbons (Fsp3) is 0.500. The number of anilines is 1. The molecule has 2 heteroatoms. The maximum atomic E-state index is 3.98. The lowest BCUT2D eigenvalue weighted by Gasteiger charge is -2.20. The number of rotatable bonds is 3. The molecule has 0 radical (unpaired) electrons. The number of nitrogens with zero attached hydrogens (tertiary/aromatic N) is 2. The van der Waals surface area contributed by atoms with E-state index in [1.807, 2.05) is 24.5 Å². The molecule has 2 nitrogen and oxygen atoms in total. The van der Waals surface area contributed by atoms with Crippen molar-refractivity contribution >= 4 is 5.69 Å². The molecule has 1 aromatic heterocycles. The van der Waals surface area contributed by atoms with Gasteiger partial charge in [-0.1, -0.05) is 13.8 Å². The Balaban J connectivity index is 2.59. The Bertz CT molecular complexity index is 219. The molecule has 0 saturated carbocycles. The summed E-state index contributed by atoms with van der Waals surface area (Å²) in [5, 5.41) is 0. The lowest BCUT2D eigenvalue weighted by atomic mass is 10.2. The van der Waals surface area contributed by atoms with E-state index in [1.165, 1.54) is 5.69 Å². The van der Waals surface area contributed by atoms with Crippen molar-refractivity contribution in [2.75, 3.05) is 18.5 Å². The van der Waals surface area contributed by atoms with Crippen molar-refractivity contribution in [3.8, 4) is 0 Å². The van der Waals surface area contributed by atoms with Crippen molar-refractivity contribution in [3.63, 3.8) is 0 Å². The first-order valence-corrected chi connectivity index (χ1v) is 4.31. The highest BCUT2D eigenvalue weighted by molar-refractivity contribution is 5.43. The van der Waals surface area contributed by atoms with Crippen LogP contribution in [0.1, 0.15) is 13.8 Å². The number of aromatic nitrogens is 1. The van der Waals surface area contributed by atoms with Crippen LogP contribution in [0.25, 0.3) is 0 Å². The maximum Gasteiger partial charge on any atom is 0.0394 e. The zero-order valence-electron chi connectivity index (χ0n) is 7.99. The molecule has 0 unspecified atom stereocenters. The first kappa shape index (κ1) is 9.04. The van der Waals surface area contributed by atoms with Crippen LogP contribution in [0.2, 0.25) is 0 Å². The zero-order valence-corrected chi connectivity index (χ0v) is 7.99. The molecule has 0 saturated heterocycles. The van der Waals surface area contributed by atoms with Crippen LogP contribution in [0.5, 0.6) is 0 Å². The molecule has 0 aliphatic heterocycles. The number of pyridine rings is 1. The Kier molecular flexibility index (Phi) is 3.09. The summed E-state index contributed by atoms with van der Waals surface area (Å²) in [4.78, 5) is 6.22. The normalized spacial score (nSPS) is 10.3. The first-order valence-electron chi connectivity index (χ1n) is 4.31. The predicted octanol–water partition coefficient (Wildman–Crippen LogP) is 2.17. The first-order chi connectivity index (χ1) is 5.70. The van der Waals surface area contributed by atoms with Crippen LogP contribution in [0, 0.1) is 5.92 Å². The Labute approximate surface area is 74.2 Å². The summed E-state index contributed by atoms with van der Waals surface area (Å²) in [7, 11) is 2.11. The SMILES string of the molecule is CC(C)CN(C)c1ccncc1. The van der Waals surface area contributed by atoms with Crippen LogP contribution in [0.3, 0.4) is 0 Å². The largest absolute Gasteiger partial charge is 0.374 e. The Hall–Kier alpha value is -1.05. The van der Waals surface area contributed by atoms with Gasteiger partial charge >= 0.3 is 0 Å². The Morgan fingerprint density at radius 1 is 1.33 bits per heavy atom. The average molecular weight is 164 g/mol. The molecule has 1 heterocycles. The van der Waals surface area contributed by atoms with E-state index in [0.717, 1.165) is 6.54 Å².